The average Bonchev–Trinajstić information content (AvgIpc) is 1.64. The zero-order valence-corrected chi connectivity index (χ0v) is 93.2. The van der Waals surface area contributed by atoms with Crippen LogP contribution in [-0.2, 0) is 24.0 Å². The quantitative estimate of drug-likeness (QED) is 0.0324. The molecule has 0 spiro atoms. The zero-order valence-electron chi connectivity index (χ0n) is 89.1. The van der Waals surface area contributed by atoms with E-state index in [9.17, 15) is 99.0 Å². The molecule has 13 saturated carbocycles. The van der Waals surface area contributed by atoms with Crippen LogP contribution in [0, 0.1) is 136 Å². The number of aliphatic hydroxyl groups excluding tert-OH is 5. The van der Waals surface area contributed by atoms with Crippen LogP contribution >= 0.6 is 56.7 Å². The van der Waals surface area contributed by atoms with Crippen LogP contribution in [0.3, 0.4) is 0 Å². The molecule has 0 saturated heterocycles. The molecular formula is C120H159N5O20S5. The molecule has 5 amide bonds. The minimum absolute atomic E-state index is 0.0457. The van der Waals surface area contributed by atoms with Crippen LogP contribution in [-0.4, -0.2) is 171 Å². The highest BCUT2D eigenvalue weighted by Crippen LogP contribution is 2.49. The van der Waals surface area contributed by atoms with Gasteiger partial charge in [0.05, 0.1) is 83.3 Å². The van der Waals surface area contributed by atoms with Crippen LogP contribution in [0.5, 0.6) is 0 Å². The van der Waals surface area contributed by atoms with Gasteiger partial charge >= 0.3 is 29.8 Å². The summed E-state index contributed by atoms with van der Waals surface area (Å²) in [7, 11) is 0. The van der Waals surface area contributed by atoms with Crippen molar-refractivity contribution in [3.05, 3.63) is 79.1 Å². The summed E-state index contributed by atoms with van der Waals surface area (Å²) in [6.07, 6.45) is 40.6. The Balaban J connectivity index is 0.000000148. The maximum atomic E-state index is 13.8. The van der Waals surface area contributed by atoms with Gasteiger partial charge in [0.25, 0.3) is 0 Å². The second-order valence-corrected chi connectivity index (χ2v) is 51.2. The second-order valence-electron chi connectivity index (χ2n) is 45.9. The lowest BCUT2D eigenvalue weighted by molar-refractivity contribution is -0.125. The first-order valence-electron chi connectivity index (χ1n) is 56.3. The van der Waals surface area contributed by atoms with Crippen LogP contribution in [0.15, 0.2) is 30.3 Å². The van der Waals surface area contributed by atoms with Crippen LogP contribution in [0.25, 0.3) is 0 Å². The monoisotopic (exact) mass is 2150 g/mol. The van der Waals surface area contributed by atoms with E-state index in [0.29, 0.717) is 219 Å². The van der Waals surface area contributed by atoms with E-state index in [4.69, 9.17) is 0 Å². The number of nitrogens with zero attached hydrogens (tertiary/aromatic N) is 5. The Morgan fingerprint density at radius 2 is 0.493 bits per heavy atom. The van der Waals surface area contributed by atoms with Crippen molar-refractivity contribution in [3.63, 3.8) is 0 Å². The Labute approximate surface area is 907 Å². The van der Waals surface area contributed by atoms with Gasteiger partial charge in [-0.05, 0) is 369 Å². The van der Waals surface area contributed by atoms with E-state index in [1.807, 2.05) is 25.1 Å². The van der Waals surface area contributed by atoms with Gasteiger partial charge in [-0.25, -0.2) is 24.0 Å². The minimum atomic E-state index is -1.02. The van der Waals surface area contributed by atoms with Gasteiger partial charge in [-0.15, -0.1) is 62.6 Å². The third kappa shape index (κ3) is 31.6. The molecule has 5 aromatic rings. The molecule has 0 radical (unpaired) electrons. The molecule has 5 aromatic heterocycles. The number of carbonyl (C=O) groups is 10. The van der Waals surface area contributed by atoms with Crippen molar-refractivity contribution >= 4 is 145 Å². The molecule has 150 heavy (non-hydrogen) atoms. The van der Waals surface area contributed by atoms with Crippen molar-refractivity contribution in [1.29, 1.82) is 0 Å². The molecule has 0 unspecified atom stereocenters. The molecule has 13 aliphatic rings. The number of aromatic carboxylic acids is 5. The van der Waals surface area contributed by atoms with Gasteiger partial charge in [0.2, 0.25) is 29.5 Å². The third-order valence-corrected chi connectivity index (χ3v) is 39.0. The molecule has 0 bridgehead atoms. The molecule has 18 rings (SSSR count). The fourth-order valence-electron chi connectivity index (χ4n) is 23.9. The van der Waals surface area contributed by atoms with Crippen molar-refractivity contribution in [1.82, 2.24) is 0 Å². The van der Waals surface area contributed by atoms with Gasteiger partial charge in [-0.3, -0.25) is 24.0 Å². The summed E-state index contributed by atoms with van der Waals surface area (Å²) in [5.74, 6) is 30.2. The maximum Gasteiger partial charge on any atom is 0.348 e. The molecule has 25 nitrogen and oxygen atoms in total. The molecule has 814 valence electrons. The SMILES string of the molecule is CC#Cc1cc(N(C(=O)C2CCC(C)CC2)C2CCC(O)CC2)c(C(=O)O)s1.CC1CCC(C(=O)N(c2cc(C#CC3(C)CC3)sc2C(=O)O)C2CCC(O)CC2)CC1.CC1CCC(C(=O)N(c2cc(C#CC3CC3)sc2C(=O)O)C2CCC(O)CC2)CC1.CC1CCC(C(=O)N(c2cc(C#CC3CCCC3)sc2C(=O)O)C2CCC(O)CC2)CC1.CCC#Cc1cc(N(C(=O)C2CCC(C)CC2)C2CCC(O)CC2)c(C(=O)O)s1. The van der Waals surface area contributed by atoms with Crippen molar-refractivity contribution in [2.75, 3.05) is 24.5 Å². The number of thiophene rings is 5. The first-order chi connectivity index (χ1) is 71.9. The van der Waals surface area contributed by atoms with Gasteiger partial charge in [0.15, 0.2) is 0 Å². The highest BCUT2D eigenvalue weighted by atomic mass is 32.1. The number of aliphatic hydroxyl groups is 5. The Kier molecular flexibility index (Phi) is 42.5. The number of carbonyl (C=O) groups excluding carboxylic acids is 5. The van der Waals surface area contributed by atoms with Crippen molar-refractivity contribution in [2.45, 2.75) is 431 Å². The zero-order chi connectivity index (χ0) is 107. The summed E-state index contributed by atoms with van der Waals surface area (Å²) in [4.78, 5) is 142. The van der Waals surface area contributed by atoms with Gasteiger partial charge in [-0.2, -0.15) is 0 Å². The first kappa shape index (κ1) is 116. The number of hydrogen-bond donors (Lipinski definition) is 10. The Morgan fingerprint density at radius 3 is 0.693 bits per heavy atom. The van der Waals surface area contributed by atoms with Crippen molar-refractivity contribution in [3.8, 4) is 59.2 Å². The lowest BCUT2D eigenvalue weighted by Crippen LogP contribution is -2.47. The summed E-state index contributed by atoms with van der Waals surface area (Å²) in [6, 6.07) is 8.71. The van der Waals surface area contributed by atoms with Crippen LogP contribution in [0.1, 0.15) is 443 Å². The average molecular weight is 2150 g/mol. The van der Waals surface area contributed by atoms with Crippen molar-refractivity contribution < 1.29 is 99.0 Å². The van der Waals surface area contributed by atoms with Gasteiger partial charge in [-0.1, -0.05) is 108 Å². The maximum absolute atomic E-state index is 13.8. The summed E-state index contributed by atoms with van der Waals surface area (Å²) in [5, 5.41) is 99.1. The normalized spacial score (nSPS) is 28.4. The highest BCUT2D eigenvalue weighted by molar-refractivity contribution is 7.16. The van der Waals surface area contributed by atoms with E-state index in [2.05, 4.69) is 101 Å². The lowest BCUT2D eigenvalue weighted by atomic mass is 9.81. The summed E-state index contributed by atoms with van der Waals surface area (Å²) >= 11 is 5.83. The van der Waals surface area contributed by atoms with Crippen LogP contribution in [0.2, 0.25) is 0 Å². The molecule has 5 heterocycles. The number of carboxylic acid groups (broad SMARTS) is 5. The standard InChI is InChI=1S/C26H35NO4S.C25H33NO4S.C24H31NO4S.C23H31NO4S.C22H29NO4S/c1-17-6-9-19(10-7-17)25(29)27(20-11-13-21(28)14-12-20)23-16-22(32-24(23)26(30)31)15-8-18-4-2-3-5-18;1-16-3-5-17(6-4-16)23(28)26(18-7-9-19(27)10-8-18)21-15-20(31-22(21)24(29)30)11-12-25(2)13-14-25;1-15-2-7-17(8-3-15)23(27)25(18-9-11-19(26)12-10-18)21-14-20(13-6-16-4-5-16)30-22(21)24(28)29;1-3-4-5-19-14-20(21(29-19)23(27)28)24(17-10-12-18(25)13-11-17)22(26)16-8-6-15(2)7-9-16;1-3-4-18-13-19(20(28-18)22(26)27)23(16-9-11-17(24)12-10-16)21(25)15-7-5-14(2)6-8-15/h16-21,28H,2-7,9-14H2,1H3,(H,30,31);15-19,27H,3-10,13-14H2,1-2H3,(H,29,30);14-19,26H,2-5,7-12H2,1H3,(H,28,29);14-18,25H,3,6-13H2,1-2H3,(H,27,28);13-17,24H,5-12H2,1-2H3,(H,26,27). The molecule has 30 heteroatoms. The molecule has 0 aliphatic heterocycles. The number of anilines is 5. The minimum Gasteiger partial charge on any atom is -0.477 e. The summed E-state index contributed by atoms with van der Waals surface area (Å²) < 4.78 is 0. The van der Waals surface area contributed by atoms with Crippen molar-refractivity contribution in [2.24, 2.45) is 76.4 Å². The Hall–Kier alpha value is -9.20. The van der Waals surface area contributed by atoms with Crippen LogP contribution in [0.4, 0.5) is 28.4 Å². The summed E-state index contributed by atoms with van der Waals surface area (Å²) in [5.41, 5.74) is 2.57. The first-order valence-corrected chi connectivity index (χ1v) is 60.4. The van der Waals surface area contributed by atoms with E-state index in [1.165, 1.54) is 46.9 Å². The van der Waals surface area contributed by atoms with E-state index in [-0.39, 0.29) is 150 Å². The van der Waals surface area contributed by atoms with E-state index >= 15 is 0 Å². The Bertz CT molecular complexity index is 5810. The number of amides is 5. The molecule has 0 aromatic carbocycles. The number of rotatable bonds is 20. The van der Waals surface area contributed by atoms with Gasteiger partial charge in [0.1, 0.15) is 24.4 Å². The topological polar surface area (TPSA) is 389 Å². The van der Waals surface area contributed by atoms with Gasteiger partial charge in [0, 0.05) is 83.5 Å². The molecule has 13 fully saturated rings. The lowest BCUT2D eigenvalue weighted by Gasteiger charge is -2.38. The van der Waals surface area contributed by atoms with E-state index < -0.39 is 29.8 Å². The molecule has 10 N–H and O–H groups in total. The molecule has 13 aliphatic carbocycles. The van der Waals surface area contributed by atoms with E-state index in [0.717, 1.165) is 199 Å². The fraction of sp³-hybridized carbons (Fsp3) is 0.667. The summed E-state index contributed by atoms with van der Waals surface area (Å²) in [6.45, 7) is 16.9. The second kappa shape index (κ2) is 54.7. The highest BCUT2D eigenvalue weighted by Gasteiger charge is 2.46. The predicted molar refractivity (Wildman–Crippen MR) is 593 cm³/mol. The fourth-order valence-corrected chi connectivity index (χ4v) is 28.2. The number of hydrogen-bond acceptors (Lipinski definition) is 20. The van der Waals surface area contributed by atoms with E-state index in [1.54, 1.807) is 43.6 Å². The predicted octanol–water partition coefficient (Wildman–Crippen LogP) is 24.1. The molecular weight excluding hydrogens is 1990 g/mol. The smallest absolute Gasteiger partial charge is 0.348 e. The number of carboxylic acids is 5. The van der Waals surface area contributed by atoms with Crippen LogP contribution < -0.4 is 24.5 Å². The molecule has 0 atom stereocenters. The Morgan fingerprint density at radius 1 is 0.287 bits per heavy atom. The third-order valence-electron chi connectivity index (χ3n) is 33.9. The van der Waals surface area contributed by atoms with Gasteiger partial charge < -0.3 is 75.6 Å². The largest absolute Gasteiger partial charge is 0.477 e.